The lowest BCUT2D eigenvalue weighted by molar-refractivity contribution is 0.0504. The summed E-state index contributed by atoms with van der Waals surface area (Å²) in [5, 5.41) is 2.88. The summed E-state index contributed by atoms with van der Waals surface area (Å²) in [6.07, 6.45) is 3.57. The van der Waals surface area contributed by atoms with E-state index in [9.17, 15) is 4.79 Å². The molecular weight excluding hydrogens is 280 g/mol. The Morgan fingerprint density at radius 2 is 2.14 bits per heavy atom. The number of nitrogens with one attached hydrogen (secondary N) is 1. The minimum atomic E-state index is -0.439. The molecule has 1 saturated heterocycles. The largest absolute Gasteiger partial charge is 0.468 e. The second-order valence-corrected chi connectivity index (χ2v) is 7.05. The molecular formula is C17H28N2O3. The maximum Gasteiger partial charge on any atom is 0.407 e. The van der Waals surface area contributed by atoms with Crippen LogP contribution in [-0.2, 0) is 4.74 Å². The van der Waals surface area contributed by atoms with Crippen molar-refractivity contribution in [3.8, 4) is 0 Å². The fraction of sp³-hybridized carbons (Fsp3) is 0.706. The Morgan fingerprint density at radius 3 is 2.68 bits per heavy atom. The van der Waals surface area contributed by atoms with E-state index in [1.54, 1.807) is 6.26 Å². The summed E-state index contributed by atoms with van der Waals surface area (Å²) in [7, 11) is 0. The molecule has 124 valence electrons. The van der Waals surface area contributed by atoms with E-state index in [-0.39, 0.29) is 6.09 Å². The Kier molecular flexibility index (Phi) is 5.51. The quantitative estimate of drug-likeness (QED) is 0.923. The van der Waals surface area contributed by atoms with Gasteiger partial charge in [-0.15, -0.1) is 0 Å². The molecule has 1 aliphatic heterocycles. The number of likely N-dealkylation sites (tertiary alicyclic amines) is 1. The first-order valence-electron chi connectivity index (χ1n) is 8.09. The fourth-order valence-electron chi connectivity index (χ4n) is 2.80. The Morgan fingerprint density at radius 1 is 1.45 bits per heavy atom. The average molecular weight is 308 g/mol. The van der Waals surface area contributed by atoms with E-state index in [1.807, 2.05) is 32.9 Å². The molecule has 1 atom stereocenters. The second kappa shape index (κ2) is 7.18. The highest BCUT2D eigenvalue weighted by atomic mass is 16.6. The van der Waals surface area contributed by atoms with Crippen molar-refractivity contribution in [2.75, 3.05) is 19.6 Å². The van der Waals surface area contributed by atoms with Crippen LogP contribution in [-0.4, -0.2) is 36.2 Å². The number of hydrogen-bond donors (Lipinski definition) is 1. The topological polar surface area (TPSA) is 54.7 Å². The zero-order valence-corrected chi connectivity index (χ0v) is 14.1. The first kappa shape index (κ1) is 16.9. The number of rotatable bonds is 4. The first-order chi connectivity index (χ1) is 10.3. The van der Waals surface area contributed by atoms with Crippen molar-refractivity contribution in [3.05, 3.63) is 24.2 Å². The summed E-state index contributed by atoms with van der Waals surface area (Å²) in [5.41, 5.74) is -0.439. The molecule has 0 bridgehead atoms. The lowest BCUT2D eigenvalue weighted by atomic mass is 9.95. The summed E-state index contributed by atoms with van der Waals surface area (Å²) >= 11 is 0. The van der Waals surface area contributed by atoms with Crippen molar-refractivity contribution < 1.29 is 13.9 Å². The van der Waals surface area contributed by atoms with Crippen LogP contribution in [0.1, 0.15) is 52.3 Å². The van der Waals surface area contributed by atoms with Gasteiger partial charge in [0.15, 0.2) is 0 Å². The average Bonchev–Trinajstić information content (AvgIpc) is 2.97. The van der Waals surface area contributed by atoms with Gasteiger partial charge in [-0.3, -0.25) is 4.90 Å². The molecule has 0 aliphatic carbocycles. The van der Waals surface area contributed by atoms with Gasteiger partial charge in [-0.1, -0.05) is 0 Å². The molecule has 22 heavy (non-hydrogen) atoms. The maximum absolute atomic E-state index is 11.7. The molecule has 1 fully saturated rings. The van der Waals surface area contributed by atoms with Crippen molar-refractivity contribution in [1.29, 1.82) is 0 Å². The highest BCUT2D eigenvalue weighted by Crippen LogP contribution is 2.26. The fourth-order valence-corrected chi connectivity index (χ4v) is 2.80. The highest BCUT2D eigenvalue weighted by molar-refractivity contribution is 5.67. The Labute approximate surface area is 133 Å². The molecule has 5 heteroatoms. The number of furan rings is 1. The molecule has 0 spiro atoms. The third kappa shape index (κ3) is 5.05. The van der Waals surface area contributed by atoms with Gasteiger partial charge in [-0.2, -0.15) is 0 Å². The number of ether oxygens (including phenoxy) is 1. The minimum absolute atomic E-state index is 0.315. The van der Waals surface area contributed by atoms with Crippen LogP contribution >= 0.6 is 0 Å². The number of carbonyl (C=O) groups excluding carboxylic acids is 1. The van der Waals surface area contributed by atoms with Gasteiger partial charge in [0.2, 0.25) is 0 Å². The number of carbonyl (C=O) groups is 1. The van der Waals surface area contributed by atoms with Gasteiger partial charge in [0.25, 0.3) is 0 Å². The molecule has 1 N–H and O–H groups in total. The maximum atomic E-state index is 11.7. The molecule has 2 heterocycles. The van der Waals surface area contributed by atoms with Gasteiger partial charge >= 0.3 is 6.09 Å². The molecule has 1 aliphatic rings. The molecule has 1 amide bonds. The lowest BCUT2D eigenvalue weighted by Crippen LogP contribution is -2.40. The first-order valence-corrected chi connectivity index (χ1v) is 8.09. The van der Waals surface area contributed by atoms with Gasteiger partial charge in [0.1, 0.15) is 11.4 Å². The van der Waals surface area contributed by atoms with Gasteiger partial charge in [-0.25, -0.2) is 4.79 Å². The van der Waals surface area contributed by atoms with E-state index in [0.717, 1.165) is 31.7 Å². The molecule has 0 saturated carbocycles. The molecule has 1 aromatic rings. The number of piperidine rings is 1. The number of amides is 1. The van der Waals surface area contributed by atoms with E-state index in [1.165, 1.54) is 0 Å². The smallest absolute Gasteiger partial charge is 0.407 e. The number of nitrogens with zero attached hydrogens (tertiary/aromatic N) is 1. The second-order valence-electron chi connectivity index (χ2n) is 7.05. The van der Waals surface area contributed by atoms with Crippen molar-refractivity contribution in [1.82, 2.24) is 10.2 Å². The third-order valence-electron chi connectivity index (χ3n) is 4.09. The highest BCUT2D eigenvalue weighted by Gasteiger charge is 2.25. The molecule has 0 unspecified atom stereocenters. The van der Waals surface area contributed by atoms with Crippen molar-refractivity contribution in [2.24, 2.45) is 5.92 Å². The summed E-state index contributed by atoms with van der Waals surface area (Å²) in [6, 6.07) is 4.28. The van der Waals surface area contributed by atoms with E-state index in [0.29, 0.717) is 18.5 Å². The van der Waals surface area contributed by atoms with E-state index in [2.05, 4.69) is 17.1 Å². The van der Waals surface area contributed by atoms with Crippen LogP contribution in [0, 0.1) is 5.92 Å². The SMILES string of the molecule is C[C@@H](c1ccco1)N1CCC(CNC(=O)OC(C)(C)C)CC1. The number of alkyl carbamates (subject to hydrolysis) is 1. The van der Waals surface area contributed by atoms with E-state index < -0.39 is 5.60 Å². The van der Waals surface area contributed by atoms with Gasteiger partial charge in [0.05, 0.1) is 12.3 Å². The summed E-state index contributed by atoms with van der Waals surface area (Å²) in [4.78, 5) is 14.1. The molecule has 0 radical (unpaired) electrons. The lowest BCUT2D eigenvalue weighted by Gasteiger charge is -2.35. The van der Waals surface area contributed by atoms with Crippen LogP contribution in [0.2, 0.25) is 0 Å². The Hall–Kier alpha value is -1.49. The van der Waals surface area contributed by atoms with Crippen LogP contribution in [0.25, 0.3) is 0 Å². The summed E-state index contributed by atoms with van der Waals surface area (Å²) in [5.74, 6) is 1.54. The van der Waals surface area contributed by atoms with Crippen molar-refractivity contribution in [3.63, 3.8) is 0 Å². The molecule has 2 rings (SSSR count). The van der Waals surface area contributed by atoms with E-state index >= 15 is 0 Å². The standard InChI is InChI=1S/C17H28N2O3/c1-13(15-6-5-11-21-15)19-9-7-14(8-10-19)12-18-16(20)22-17(2,3)4/h5-6,11,13-14H,7-10,12H2,1-4H3,(H,18,20)/t13-/m0/s1. The molecule has 5 nitrogen and oxygen atoms in total. The van der Waals surface area contributed by atoms with Crippen molar-refractivity contribution in [2.45, 2.75) is 52.2 Å². The zero-order chi connectivity index (χ0) is 16.2. The Balaban J connectivity index is 1.70. The van der Waals surface area contributed by atoms with Crippen LogP contribution in [0.3, 0.4) is 0 Å². The normalized spacial score (nSPS) is 18.9. The third-order valence-corrected chi connectivity index (χ3v) is 4.09. The van der Waals surface area contributed by atoms with Gasteiger partial charge in [-0.05, 0) is 71.7 Å². The molecule has 1 aromatic heterocycles. The van der Waals surface area contributed by atoms with Gasteiger partial charge < -0.3 is 14.5 Å². The van der Waals surface area contributed by atoms with Gasteiger partial charge in [0, 0.05) is 6.54 Å². The van der Waals surface area contributed by atoms with Crippen LogP contribution in [0.15, 0.2) is 22.8 Å². The van der Waals surface area contributed by atoms with E-state index in [4.69, 9.17) is 9.15 Å². The molecule has 0 aromatic carbocycles. The minimum Gasteiger partial charge on any atom is -0.468 e. The van der Waals surface area contributed by atoms with Crippen LogP contribution in [0.5, 0.6) is 0 Å². The summed E-state index contributed by atoms with van der Waals surface area (Å²) < 4.78 is 10.7. The van der Waals surface area contributed by atoms with Crippen LogP contribution < -0.4 is 5.32 Å². The van der Waals surface area contributed by atoms with Crippen molar-refractivity contribution >= 4 is 6.09 Å². The predicted octanol–water partition coefficient (Wildman–Crippen LogP) is 3.58. The Bertz CT molecular complexity index is 457. The monoisotopic (exact) mass is 308 g/mol. The predicted molar refractivity (Wildman–Crippen MR) is 85.7 cm³/mol. The number of hydrogen-bond acceptors (Lipinski definition) is 4. The van der Waals surface area contributed by atoms with Crippen LogP contribution in [0.4, 0.5) is 4.79 Å². The summed E-state index contributed by atoms with van der Waals surface area (Å²) in [6.45, 7) is 10.6. The zero-order valence-electron chi connectivity index (χ0n) is 14.1.